The molecule has 1 aromatic rings. The zero-order valence-corrected chi connectivity index (χ0v) is 11.4. The Labute approximate surface area is 109 Å². The first-order valence-corrected chi connectivity index (χ1v) is 6.63. The minimum atomic E-state index is 0.212. The molecule has 2 nitrogen and oxygen atoms in total. The highest BCUT2D eigenvalue weighted by molar-refractivity contribution is 6.31. The third-order valence-corrected chi connectivity index (χ3v) is 4.24. The Bertz CT molecular complexity index is 370. The van der Waals surface area contributed by atoms with Crippen molar-refractivity contribution in [3.63, 3.8) is 0 Å². The third-order valence-electron chi connectivity index (χ3n) is 3.88. The first-order valence-electron chi connectivity index (χ1n) is 6.26. The van der Waals surface area contributed by atoms with E-state index in [0.717, 1.165) is 24.5 Å². The van der Waals surface area contributed by atoms with Crippen LogP contribution in [0.3, 0.4) is 0 Å². The van der Waals surface area contributed by atoms with Gasteiger partial charge in [0.1, 0.15) is 0 Å². The summed E-state index contributed by atoms with van der Waals surface area (Å²) in [6.45, 7) is 2.18. The molecule has 3 heteroatoms. The molecule has 1 aromatic carbocycles. The van der Waals surface area contributed by atoms with Gasteiger partial charge in [-0.05, 0) is 51.5 Å². The van der Waals surface area contributed by atoms with Gasteiger partial charge in [-0.2, -0.15) is 0 Å². The number of nitrogens with one attached hydrogen (secondary N) is 1. The van der Waals surface area contributed by atoms with E-state index in [-0.39, 0.29) is 5.54 Å². The second-order valence-corrected chi connectivity index (χ2v) is 5.57. The molecule has 1 aliphatic heterocycles. The normalized spacial score (nSPS) is 25.2. The molecular formula is C14H21ClN2. The SMILES string of the molecule is CN(C)C1(Cc2ccccc2Cl)CCCNC1. The summed E-state index contributed by atoms with van der Waals surface area (Å²) < 4.78 is 0. The Morgan fingerprint density at radius 2 is 2.12 bits per heavy atom. The van der Waals surface area contributed by atoms with Crippen LogP contribution in [0.15, 0.2) is 24.3 Å². The van der Waals surface area contributed by atoms with E-state index >= 15 is 0 Å². The number of hydrogen-bond acceptors (Lipinski definition) is 2. The molecule has 1 atom stereocenters. The van der Waals surface area contributed by atoms with Crippen molar-refractivity contribution in [3.8, 4) is 0 Å². The van der Waals surface area contributed by atoms with Gasteiger partial charge in [0.25, 0.3) is 0 Å². The predicted molar refractivity (Wildman–Crippen MR) is 73.7 cm³/mol. The molecule has 0 amide bonds. The van der Waals surface area contributed by atoms with Crippen LogP contribution in [0.25, 0.3) is 0 Å². The van der Waals surface area contributed by atoms with Gasteiger partial charge in [-0.15, -0.1) is 0 Å². The molecule has 1 heterocycles. The molecule has 1 unspecified atom stereocenters. The smallest absolute Gasteiger partial charge is 0.0438 e. The lowest BCUT2D eigenvalue weighted by atomic mass is 9.83. The van der Waals surface area contributed by atoms with Crippen molar-refractivity contribution in [2.24, 2.45) is 0 Å². The maximum atomic E-state index is 6.27. The van der Waals surface area contributed by atoms with Crippen LogP contribution in [0.4, 0.5) is 0 Å². The average molecular weight is 253 g/mol. The van der Waals surface area contributed by atoms with Crippen LogP contribution in [-0.2, 0) is 6.42 Å². The molecule has 94 valence electrons. The van der Waals surface area contributed by atoms with Crippen LogP contribution >= 0.6 is 11.6 Å². The lowest BCUT2D eigenvalue weighted by Crippen LogP contribution is -2.56. The third kappa shape index (κ3) is 2.82. The van der Waals surface area contributed by atoms with Gasteiger partial charge in [-0.3, -0.25) is 0 Å². The number of halogens is 1. The maximum Gasteiger partial charge on any atom is 0.0438 e. The fraction of sp³-hybridized carbons (Fsp3) is 0.571. The van der Waals surface area contributed by atoms with E-state index in [0.29, 0.717) is 0 Å². The minimum Gasteiger partial charge on any atom is -0.315 e. The Morgan fingerprint density at radius 1 is 1.35 bits per heavy atom. The molecule has 0 saturated carbocycles. The van der Waals surface area contributed by atoms with Crippen molar-refractivity contribution in [2.75, 3.05) is 27.2 Å². The summed E-state index contributed by atoms with van der Waals surface area (Å²) >= 11 is 6.27. The molecule has 0 aromatic heterocycles. The second kappa shape index (κ2) is 5.38. The topological polar surface area (TPSA) is 15.3 Å². The van der Waals surface area contributed by atoms with Gasteiger partial charge in [0.05, 0.1) is 0 Å². The molecule has 0 bridgehead atoms. The maximum absolute atomic E-state index is 6.27. The first-order chi connectivity index (χ1) is 8.14. The van der Waals surface area contributed by atoms with E-state index in [2.05, 4.69) is 36.4 Å². The number of likely N-dealkylation sites (N-methyl/N-ethyl adjacent to an activating group) is 1. The summed E-state index contributed by atoms with van der Waals surface area (Å²) in [4.78, 5) is 2.35. The number of rotatable bonds is 3. The standard InChI is InChI=1S/C14H21ClN2/c1-17(2)14(8-5-9-16-11-14)10-12-6-3-4-7-13(12)15/h3-4,6-7,16H,5,8-11H2,1-2H3. The van der Waals surface area contributed by atoms with Gasteiger partial charge in [0.2, 0.25) is 0 Å². The van der Waals surface area contributed by atoms with Gasteiger partial charge >= 0.3 is 0 Å². The van der Waals surface area contributed by atoms with Crippen molar-refractivity contribution >= 4 is 11.6 Å². The predicted octanol–water partition coefficient (Wildman–Crippen LogP) is 2.57. The zero-order valence-electron chi connectivity index (χ0n) is 10.7. The molecule has 1 fully saturated rings. The Morgan fingerprint density at radius 3 is 2.71 bits per heavy atom. The Hall–Kier alpha value is -0.570. The lowest BCUT2D eigenvalue weighted by molar-refractivity contribution is 0.114. The van der Waals surface area contributed by atoms with Crippen LogP contribution in [0.5, 0.6) is 0 Å². The highest BCUT2D eigenvalue weighted by Crippen LogP contribution is 2.29. The minimum absolute atomic E-state index is 0.212. The van der Waals surface area contributed by atoms with Crippen molar-refractivity contribution < 1.29 is 0 Å². The Balaban J connectivity index is 2.21. The molecule has 2 rings (SSSR count). The van der Waals surface area contributed by atoms with Crippen molar-refractivity contribution in [1.82, 2.24) is 10.2 Å². The monoisotopic (exact) mass is 252 g/mol. The highest BCUT2D eigenvalue weighted by atomic mass is 35.5. The van der Waals surface area contributed by atoms with E-state index in [1.54, 1.807) is 0 Å². The summed E-state index contributed by atoms with van der Waals surface area (Å²) in [7, 11) is 4.34. The molecule has 0 aliphatic carbocycles. The summed E-state index contributed by atoms with van der Waals surface area (Å²) in [6, 6.07) is 8.19. The lowest BCUT2D eigenvalue weighted by Gasteiger charge is -2.43. The van der Waals surface area contributed by atoms with Crippen LogP contribution in [0.2, 0.25) is 5.02 Å². The summed E-state index contributed by atoms with van der Waals surface area (Å²) in [5.41, 5.74) is 1.47. The van der Waals surface area contributed by atoms with Gasteiger partial charge in [-0.25, -0.2) is 0 Å². The molecule has 17 heavy (non-hydrogen) atoms. The molecule has 1 aliphatic rings. The number of piperidine rings is 1. The zero-order chi connectivity index (χ0) is 12.3. The van der Waals surface area contributed by atoms with E-state index in [1.165, 1.54) is 18.4 Å². The van der Waals surface area contributed by atoms with E-state index < -0.39 is 0 Å². The molecule has 1 saturated heterocycles. The van der Waals surface area contributed by atoms with Gasteiger partial charge in [0.15, 0.2) is 0 Å². The summed E-state index contributed by atoms with van der Waals surface area (Å²) in [6.07, 6.45) is 3.49. The van der Waals surface area contributed by atoms with Gasteiger partial charge in [0, 0.05) is 17.1 Å². The summed E-state index contributed by atoms with van der Waals surface area (Å²) in [5, 5.41) is 4.40. The largest absolute Gasteiger partial charge is 0.315 e. The van der Waals surface area contributed by atoms with Crippen LogP contribution in [0, 0.1) is 0 Å². The number of nitrogens with zero attached hydrogens (tertiary/aromatic N) is 1. The van der Waals surface area contributed by atoms with Crippen molar-refractivity contribution in [2.45, 2.75) is 24.8 Å². The molecule has 1 N–H and O–H groups in total. The van der Waals surface area contributed by atoms with Crippen LogP contribution < -0.4 is 5.32 Å². The summed E-state index contributed by atoms with van der Waals surface area (Å²) in [5.74, 6) is 0. The fourth-order valence-electron chi connectivity index (χ4n) is 2.64. The van der Waals surface area contributed by atoms with Crippen LogP contribution in [0.1, 0.15) is 18.4 Å². The Kier molecular flexibility index (Phi) is 4.08. The van der Waals surface area contributed by atoms with E-state index in [1.807, 2.05) is 12.1 Å². The fourth-order valence-corrected chi connectivity index (χ4v) is 2.84. The quantitative estimate of drug-likeness (QED) is 0.890. The van der Waals surface area contributed by atoms with Gasteiger partial charge < -0.3 is 10.2 Å². The van der Waals surface area contributed by atoms with E-state index in [9.17, 15) is 0 Å². The van der Waals surface area contributed by atoms with Gasteiger partial charge in [-0.1, -0.05) is 29.8 Å². The molecule has 0 spiro atoms. The second-order valence-electron chi connectivity index (χ2n) is 5.17. The van der Waals surface area contributed by atoms with E-state index in [4.69, 9.17) is 11.6 Å². The number of benzene rings is 1. The average Bonchev–Trinajstić information content (AvgIpc) is 2.33. The number of hydrogen-bond donors (Lipinski definition) is 1. The van der Waals surface area contributed by atoms with Crippen molar-refractivity contribution in [3.05, 3.63) is 34.9 Å². The van der Waals surface area contributed by atoms with Crippen molar-refractivity contribution in [1.29, 1.82) is 0 Å². The first kappa shape index (κ1) is 12.9. The van der Waals surface area contributed by atoms with Crippen LogP contribution in [-0.4, -0.2) is 37.6 Å². The molecular weight excluding hydrogens is 232 g/mol. The highest BCUT2D eigenvalue weighted by Gasteiger charge is 2.34. The molecule has 0 radical (unpaired) electrons.